The van der Waals surface area contributed by atoms with Crippen molar-refractivity contribution in [3.05, 3.63) is 18.0 Å². The van der Waals surface area contributed by atoms with E-state index in [-0.39, 0.29) is 22.9 Å². The summed E-state index contributed by atoms with van der Waals surface area (Å²) in [4.78, 5) is 22.5. The Labute approximate surface area is 136 Å². The van der Waals surface area contributed by atoms with Crippen LogP contribution in [-0.4, -0.2) is 54.9 Å². The number of hydrogen-bond acceptors (Lipinski definition) is 4. The molecule has 0 bridgehead atoms. The number of unbranched alkanes of at least 4 members (excludes halogenated alkanes) is 2. The highest BCUT2D eigenvalue weighted by Gasteiger charge is 2.22. The van der Waals surface area contributed by atoms with E-state index in [1.165, 1.54) is 30.9 Å². The van der Waals surface area contributed by atoms with Crippen molar-refractivity contribution >= 4 is 21.9 Å². The molecule has 8 nitrogen and oxygen atoms in total. The smallest absolute Gasteiger partial charge is 0.303 e. The summed E-state index contributed by atoms with van der Waals surface area (Å²) >= 11 is 0. The second kappa shape index (κ2) is 8.11. The highest BCUT2D eigenvalue weighted by atomic mass is 32.2. The van der Waals surface area contributed by atoms with Gasteiger partial charge >= 0.3 is 5.97 Å². The molecule has 9 heteroatoms. The third-order valence-electron chi connectivity index (χ3n) is 3.34. The Hall–Kier alpha value is -1.87. The summed E-state index contributed by atoms with van der Waals surface area (Å²) in [6.07, 6.45) is 3.47. The van der Waals surface area contributed by atoms with Crippen molar-refractivity contribution in [1.82, 2.24) is 14.2 Å². The maximum absolute atomic E-state index is 12.1. The molecule has 0 spiro atoms. The third-order valence-corrected chi connectivity index (χ3v) is 5.12. The van der Waals surface area contributed by atoms with E-state index in [4.69, 9.17) is 5.11 Å². The van der Waals surface area contributed by atoms with E-state index in [0.717, 1.165) is 4.31 Å². The number of nitrogens with zero attached hydrogens (tertiary/aromatic N) is 2. The van der Waals surface area contributed by atoms with Gasteiger partial charge in [0.05, 0.1) is 0 Å². The largest absolute Gasteiger partial charge is 0.481 e. The van der Waals surface area contributed by atoms with E-state index >= 15 is 0 Å². The Bertz CT molecular complexity index is 664. The minimum absolute atomic E-state index is 0.0663. The molecular formula is C14H23N3O5S. The highest BCUT2D eigenvalue weighted by molar-refractivity contribution is 7.89. The van der Waals surface area contributed by atoms with Crippen LogP contribution in [0.5, 0.6) is 0 Å². The van der Waals surface area contributed by atoms with Crippen LogP contribution in [0.3, 0.4) is 0 Å². The van der Waals surface area contributed by atoms with E-state index in [2.05, 4.69) is 5.32 Å². The van der Waals surface area contributed by atoms with Gasteiger partial charge in [0.1, 0.15) is 10.6 Å². The number of aromatic nitrogens is 1. The second-order valence-corrected chi connectivity index (χ2v) is 7.57. The van der Waals surface area contributed by atoms with Crippen LogP contribution in [0.25, 0.3) is 0 Å². The molecular weight excluding hydrogens is 322 g/mol. The quantitative estimate of drug-likeness (QED) is 0.639. The summed E-state index contributed by atoms with van der Waals surface area (Å²) in [5, 5.41) is 11.2. The maximum Gasteiger partial charge on any atom is 0.303 e. The number of carbonyl (C=O) groups is 2. The minimum atomic E-state index is -3.58. The number of amides is 1. The molecule has 0 saturated carbocycles. The first-order valence-corrected chi connectivity index (χ1v) is 8.69. The van der Waals surface area contributed by atoms with Gasteiger partial charge in [-0.15, -0.1) is 0 Å². The van der Waals surface area contributed by atoms with Crippen LogP contribution >= 0.6 is 0 Å². The summed E-state index contributed by atoms with van der Waals surface area (Å²) in [6, 6.07) is 1.34. The molecule has 23 heavy (non-hydrogen) atoms. The Balaban J connectivity index is 2.58. The Morgan fingerprint density at radius 3 is 2.48 bits per heavy atom. The molecule has 0 aliphatic heterocycles. The first-order chi connectivity index (χ1) is 10.7. The molecule has 0 atom stereocenters. The molecule has 0 aliphatic rings. The minimum Gasteiger partial charge on any atom is -0.481 e. The van der Waals surface area contributed by atoms with Gasteiger partial charge < -0.3 is 15.0 Å². The third kappa shape index (κ3) is 5.36. The molecule has 1 amide bonds. The zero-order chi connectivity index (χ0) is 17.6. The molecule has 130 valence electrons. The van der Waals surface area contributed by atoms with Crippen molar-refractivity contribution in [3.63, 3.8) is 0 Å². The fourth-order valence-electron chi connectivity index (χ4n) is 1.98. The van der Waals surface area contributed by atoms with Crippen LogP contribution in [0.4, 0.5) is 0 Å². The van der Waals surface area contributed by atoms with Crippen molar-refractivity contribution in [1.29, 1.82) is 0 Å². The Kier molecular flexibility index (Phi) is 6.77. The number of rotatable bonds is 9. The van der Waals surface area contributed by atoms with E-state index in [1.54, 1.807) is 7.05 Å². The van der Waals surface area contributed by atoms with Crippen LogP contribution in [-0.2, 0) is 21.9 Å². The van der Waals surface area contributed by atoms with Crippen molar-refractivity contribution in [2.45, 2.75) is 30.6 Å². The van der Waals surface area contributed by atoms with Crippen LogP contribution in [0.1, 0.15) is 36.2 Å². The average Bonchev–Trinajstić information content (AvgIpc) is 2.84. The first-order valence-electron chi connectivity index (χ1n) is 7.25. The van der Waals surface area contributed by atoms with Gasteiger partial charge in [-0.2, -0.15) is 0 Å². The molecule has 0 saturated heterocycles. The molecule has 1 rings (SSSR count). The number of carbonyl (C=O) groups excluding carboxylic acids is 1. The normalized spacial score (nSPS) is 11.7. The first kappa shape index (κ1) is 19.2. The number of hydrogen-bond donors (Lipinski definition) is 2. The lowest BCUT2D eigenvalue weighted by molar-refractivity contribution is -0.137. The standard InChI is InChI=1S/C14H23N3O5S/c1-16(2)23(21,22)11-9-12(17(3)10-11)14(20)15-8-6-4-5-7-13(18)19/h9-10H,4-8H2,1-3H3,(H,15,20)(H,18,19). The molecule has 0 fully saturated rings. The lowest BCUT2D eigenvalue weighted by Crippen LogP contribution is -2.26. The zero-order valence-electron chi connectivity index (χ0n) is 13.6. The average molecular weight is 345 g/mol. The van der Waals surface area contributed by atoms with Gasteiger partial charge in [0, 0.05) is 40.3 Å². The van der Waals surface area contributed by atoms with Crippen LogP contribution in [0.2, 0.25) is 0 Å². The summed E-state index contributed by atoms with van der Waals surface area (Å²) in [6.45, 7) is 0.416. The topological polar surface area (TPSA) is 109 Å². The maximum atomic E-state index is 12.1. The highest BCUT2D eigenvalue weighted by Crippen LogP contribution is 2.16. The summed E-state index contributed by atoms with van der Waals surface area (Å²) < 4.78 is 26.6. The molecule has 0 unspecified atom stereocenters. The molecule has 0 aromatic carbocycles. The van der Waals surface area contributed by atoms with Gasteiger partial charge in [0.15, 0.2) is 0 Å². The molecule has 1 heterocycles. The molecule has 1 aromatic rings. The van der Waals surface area contributed by atoms with Gasteiger partial charge in [-0.3, -0.25) is 9.59 Å². The van der Waals surface area contributed by atoms with Gasteiger partial charge in [0.2, 0.25) is 10.0 Å². The lowest BCUT2D eigenvalue weighted by atomic mass is 10.2. The van der Waals surface area contributed by atoms with Crippen molar-refractivity contribution in [2.24, 2.45) is 7.05 Å². The number of nitrogens with one attached hydrogen (secondary N) is 1. The Morgan fingerprint density at radius 2 is 1.91 bits per heavy atom. The van der Waals surface area contributed by atoms with Crippen LogP contribution in [0.15, 0.2) is 17.2 Å². The zero-order valence-corrected chi connectivity index (χ0v) is 14.4. The van der Waals surface area contributed by atoms with Crippen molar-refractivity contribution < 1.29 is 23.1 Å². The second-order valence-electron chi connectivity index (χ2n) is 5.42. The molecule has 1 aromatic heterocycles. The number of aliphatic carboxylic acids is 1. The van der Waals surface area contributed by atoms with E-state index in [9.17, 15) is 18.0 Å². The summed E-state index contributed by atoms with van der Waals surface area (Å²) in [5.41, 5.74) is 0.260. The van der Waals surface area contributed by atoms with Gasteiger partial charge in [-0.25, -0.2) is 12.7 Å². The summed E-state index contributed by atoms with van der Waals surface area (Å²) in [5.74, 6) is -1.18. The monoisotopic (exact) mass is 345 g/mol. The number of carboxylic acids is 1. The van der Waals surface area contributed by atoms with Gasteiger partial charge in [-0.1, -0.05) is 6.42 Å². The number of aryl methyl sites for hydroxylation is 1. The van der Waals surface area contributed by atoms with Gasteiger partial charge in [-0.05, 0) is 18.9 Å². The lowest BCUT2D eigenvalue weighted by Gasteiger charge is -2.08. The summed E-state index contributed by atoms with van der Waals surface area (Å²) in [7, 11) is 0.891. The fraction of sp³-hybridized carbons (Fsp3) is 0.571. The molecule has 0 radical (unpaired) electrons. The van der Waals surface area contributed by atoms with Crippen LogP contribution in [0, 0.1) is 0 Å². The SMILES string of the molecule is CN(C)S(=O)(=O)c1cc(C(=O)NCCCCCC(=O)O)n(C)c1. The molecule has 0 aliphatic carbocycles. The Morgan fingerprint density at radius 1 is 1.26 bits per heavy atom. The molecule has 2 N–H and O–H groups in total. The van der Waals surface area contributed by atoms with E-state index in [1.807, 2.05) is 0 Å². The predicted molar refractivity (Wildman–Crippen MR) is 84.7 cm³/mol. The van der Waals surface area contributed by atoms with Crippen LogP contribution < -0.4 is 5.32 Å². The van der Waals surface area contributed by atoms with E-state index in [0.29, 0.717) is 25.8 Å². The number of carboxylic acid groups (broad SMARTS) is 1. The predicted octanol–water partition coefficient (Wildman–Crippen LogP) is 0.650. The van der Waals surface area contributed by atoms with Crippen molar-refractivity contribution in [2.75, 3.05) is 20.6 Å². The fourth-order valence-corrected chi connectivity index (χ4v) is 2.96. The van der Waals surface area contributed by atoms with Gasteiger partial charge in [0.25, 0.3) is 5.91 Å². The van der Waals surface area contributed by atoms with Crippen molar-refractivity contribution in [3.8, 4) is 0 Å². The van der Waals surface area contributed by atoms with E-state index < -0.39 is 16.0 Å². The number of sulfonamides is 1.